The Morgan fingerprint density at radius 2 is 2.30 bits per heavy atom. The Morgan fingerprint density at radius 1 is 1.48 bits per heavy atom. The number of amides is 2. The minimum absolute atomic E-state index is 0.104. The highest BCUT2D eigenvalue weighted by atomic mass is 32.2. The van der Waals surface area contributed by atoms with E-state index in [0.29, 0.717) is 11.5 Å². The van der Waals surface area contributed by atoms with Crippen molar-refractivity contribution in [3.05, 3.63) is 48.5 Å². The van der Waals surface area contributed by atoms with Gasteiger partial charge >= 0.3 is 0 Å². The minimum Gasteiger partial charge on any atom is -0.496 e. The van der Waals surface area contributed by atoms with Crippen molar-refractivity contribution in [2.24, 2.45) is 0 Å². The first-order chi connectivity index (χ1) is 11.2. The summed E-state index contributed by atoms with van der Waals surface area (Å²) in [5.41, 5.74) is 3.54. The predicted molar refractivity (Wildman–Crippen MR) is 85.4 cm³/mol. The van der Waals surface area contributed by atoms with E-state index in [1.165, 1.54) is 16.8 Å². The summed E-state index contributed by atoms with van der Waals surface area (Å²) >= 11 is 1.45. The van der Waals surface area contributed by atoms with Crippen LogP contribution in [0.3, 0.4) is 0 Å². The van der Waals surface area contributed by atoms with E-state index in [0.717, 1.165) is 5.56 Å². The maximum absolute atomic E-state index is 12.1. The Hall–Kier alpha value is -2.48. The summed E-state index contributed by atoms with van der Waals surface area (Å²) in [4.78, 5) is 28.2. The molecule has 120 valence electrons. The van der Waals surface area contributed by atoms with E-state index < -0.39 is 0 Å². The van der Waals surface area contributed by atoms with E-state index >= 15 is 0 Å². The molecule has 0 aliphatic carbocycles. The highest BCUT2D eigenvalue weighted by Crippen LogP contribution is 2.41. The van der Waals surface area contributed by atoms with Gasteiger partial charge in [0.25, 0.3) is 11.8 Å². The molecule has 2 amide bonds. The zero-order chi connectivity index (χ0) is 16.2. The molecule has 1 saturated heterocycles. The predicted octanol–water partition coefficient (Wildman–Crippen LogP) is 1.20. The van der Waals surface area contributed by atoms with Gasteiger partial charge in [0.05, 0.1) is 19.2 Å². The number of carbonyl (C=O) groups is 2. The number of benzene rings is 1. The SMILES string of the molecule is COc1ccccc1C1SCC(=O)N1NC(=O)Cn1ccnc1. The monoisotopic (exact) mass is 332 g/mol. The van der Waals surface area contributed by atoms with Crippen LogP contribution in [0.25, 0.3) is 0 Å². The van der Waals surface area contributed by atoms with Gasteiger partial charge in [-0.3, -0.25) is 15.0 Å². The number of hydrogen-bond acceptors (Lipinski definition) is 5. The largest absolute Gasteiger partial charge is 0.496 e. The van der Waals surface area contributed by atoms with Crippen LogP contribution in [-0.2, 0) is 16.1 Å². The molecule has 1 aliphatic heterocycles. The third-order valence-corrected chi connectivity index (χ3v) is 4.60. The Balaban J connectivity index is 1.76. The van der Waals surface area contributed by atoms with Crippen LogP contribution in [0.1, 0.15) is 10.9 Å². The van der Waals surface area contributed by atoms with Crippen LogP contribution in [0.15, 0.2) is 43.0 Å². The molecule has 8 heteroatoms. The quantitative estimate of drug-likeness (QED) is 0.890. The minimum atomic E-state index is -0.301. The number of hydrazine groups is 1. The number of aromatic nitrogens is 2. The van der Waals surface area contributed by atoms with Crippen LogP contribution < -0.4 is 10.2 Å². The topological polar surface area (TPSA) is 76.5 Å². The van der Waals surface area contributed by atoms with Crippen molar-refractivity contribution in [3.63, 3.8) is 0 Å². The molecule has 2 heterocycles. The molecule has 1 unspecified atom stereocenters. The first-order valence-corrected chi connectivity index (χ1v) is 8.05. The number of para-hydroxylation sites is 1. The highest BCUT2D eigenvalue weighted by molar-refractivity contribution is 8.00. The molecule has 1 N–H and O–H groups in total. The number of nitrogens with zero attached hydrogens (tertiary/aromatic N) is 3. The summed E-state index contributed by atoms with van der Waals surface area (Å²) in [6.45, 7) is 0.104. The van der Waals surface area contributed by atoms with E-state index in [-0.39, 0.29) is 23.7 Å². The van der Waals surface area contributed by atoms with Crippen molar-refractivity contribution in [1.29, 1.82) is 0 Å². The van der Waals surface area contributed by atoms with Crippen LogP contribution in [0.5, 0.6) is 5.75 Å². The molecule has 7 nitrogen and oxygen atoms in total. The number of methoxy groups -OCH3 is 1. The fourth-order valence-corrected chi connectivity index (χ4v) is 3.49. The molecule has 1 aromatic carbocycles. The lowest BCUT2D eigenvalue weighted by atomic mass is 10.2. The fraction of sp³-hybridized carbons (Fsp3) is 0.267. The van der Waals surface area contributed by atoms with Crippen LogP contribution in [0.2, 0.25) is 0 Å². The molecule has 0 bridgehead atoms. The maximum atomic E-state index is 12.1. The summed E-state index contributed by atoms with van der Waals surface area (Å²) in [5.74, 6) is 0.589. The van der Waals surface area contributed by atoms with Gasteiger partial charge in [-0.05, 0) is 6.07 Å². The molecular weight excluding hydrogens is 316 g/mol. The molecule has 0 radical (unpaired) electrons. The van der Waals surface area contributed by atoms with Gasteiger partial charge < -0.3 is 9.30 Å². The number of rotatable bonds is 5. The van der Waals surface area contributed by atoms with Gasteiger partial charge in [-0.1, -0.05) is 18.2 Å². The molecule has 1 fully saturated rings. The van der Waals surface area contributed by atoms with Crippen molar-refractivity contribution >= 4 is 23.6 Å². The average Bonchev–Trinajstić information content (AvgIpc) is 3.18. The van der Waals surface area contributed by atoms with Crippen molar-refractivity contribution < 1.29 is 14.3 Å². The molecule has 1 aromatic heterocycles. The molecule has 1 atom stereocenters. The first-order valence-electron chi connectivity index (χ1n) is 7.01. The van der Waals surface area contributed by atoms with E-state index in [2.05, 4.69) is 10.4 Å². The van der Waals surface area contributed by atoms with Crippen molar-refractivity contribution in [3.8, 4) is 5.75 Å². The van der Waals surface area contributed by atoms with E-state index in [1.54, 1.807) is 30.4 Å². The molecule has 0 saturated carbocycles. The third-order valence-electron chi connectivity index (χ3n) is 3.40. The van der Waals surface area contributed by atoms with Crippen LogP contribution in [0.4, 0.5) is 0 Å². The van der Waals surface area contributed by atoms with Gasteiger partial charge in [0.15, 0.2) is 0 Å². The second-order valence-corrected chi connectivity index (χ2v) is 6.01. The first kappa shape index (κ1) is 15.4. The van der Waals surface area contributed by atoms with Crippen LogP contribution >= 0.6 is 11.8 Å². The Bertz CT molecular complexity index is 705. The standard InChI is InChI=1S/C15H16N4O3S/c1-22-12-5-3-2-4-11(12)15-19(14(21)9-23-15)17-13(20)8-18-7-6-16-10-18/h2-7,10,15H,8-9H2,1H3,(H,17,20). The van der Waals surface area contributed by atoms with Crippen molar-refractivity contribution in [2.75, 3.05) is 12.9 Å². The number of nitrogens with one attached hydrogen (secondary N) is 1. The van der Waals surface area contributed by atoms with Crippen molar-refractivity contribution in [2.45, 2.75) is 11.9 Å². The third kappa shape index (κ3) is 3.31. The van der Waals surface area contributed by atoms with Crippen LogP contribution in [0, 0.1) is 0 Å². The Morgan fingerprint density at radius 3 is 3.04 bits per heavy atom. The van der Waals surface area contributed by atoms with Gasteiger partial charge in [0, 0.05) is 18.0 Å². The summed E-state index contributed by atoms with van der Waals surface area (Å²) in [5, 5.41) is 1.08. The van der Waals surface area contributed by atoms with E-state index in [4.69, 9.17) is 4.74 Å². The van der Waals surface area contributed by atoms with Crippen molar-refractivity contribution in [1.82, 2.24) is 20.0 Å². The smallest absolute Gasteiger partial charge is 0.258 e. The summed E-state index contributed by atoms with van der Waals surface area (Å²) in [6, 6.07) is 7.48. The van der Waals surface area contributed by atoms with Gasteiger partial charge in [-0.25, -0.2) is 9.99 Å². The number of ether oxygens (including phenoxy) is 1. The van der Waals surface area contributed by atoms with Gasteiger partial charge in [-0.2, -0.15) is 0 Å². The summed E-state index contributed by atoms with van der Waals surface area (Å²) in [6.07, 6.45) is 4.84. The zero-order valence-electron chi connectivity index (χ0n) is 12.5. The molecule has 2 aromatic rings. The Kier molecular flexibility index (Phi) is 4.52. The van der Waals surface area contributed by atoms with Gasteiger partial charge in [-0.15, -0.1) is 11.8 Å². The molecule has 0 spiro atoms. The second kappa shape index (κ2) is 6.74. The summed E-state index contributed by atoms with van der Waals surface area (Å²) < 4.78 is 7.00. The second-order valence-electron chi connectivity index (χ2n) is 4.94. The normalized spacial score (nSPS) is 17.3. The lowest BCUT2D eigenvalue weighted by Crippen LogP contribution is -2.45. The number of imidazole rings is 1. The Labute approximate surface area is 137 Å². The van der Waals surface area contributed by atoms with E-state index in [1.807, 2.05) is 24.3 Å². The summed E-state index contributed by atoms with van der Waals surface area (Å²) in [7, 11) is 1.59. The number of thioether (sulfide) groups is 1. The lowest BCUT2D eigenvalue weighted by molar-refractivity contribution is -0.139. The highest BCUT2D eigenvalue weighted by Gasteiger charge is 2.35. The van der Waals surface area contributed by atoms with Gasteiger partial charge in [0.2, 0.25) is 0 Å². The zero-order valence-corrected chi connectivity index (χ0v) is 13.3. The molecule has 23 heavy (non-hydrogen) atoms. The van der Waals surface area contributed by atoms with Crippen LogP contribution in [-0.4, -0.2) is 39.2 Å². The molecular formula is C15H16N4O3S. The molecule has 1 aliphatic rings. The fourth-order valence-electron chi connectivity index (χ4n) is 2.36. The maximum Gasteiger partial charge on any atom is 0.258 e. The average molecular weight is 332 g/mol. The van der Waals surface area contributed by atoms with Gasteiger partial charge in [0.1, 0.15) is 17.7 Å². The van der Waals surface area contributed by atoms with E-state index in [9.17, 15) is 9.59 Å². The molecule has 3 rings (SSSR count). The number of carbonyl (C=O) groups excluding carboxylic acids is 2. The lowest BCUT2D eigenvalue weighted by Gasteiger charge is -2.25. The number of hydrogen-bond donors (Lipinski definition) is 1.